The quantitative estimate of drug-likeness (QED) is 0.807. The van der Waals surface area contributed by atoms with Gasteiger partial charge in [-0.25, -0.2) is 4.98 Å². The second-order valence-electron chi connectivity index (χ2n) is 5.78. The lowest BCUT2D eigenvalue weighted by atomic mass is 10.1. The van der Waals surface area contributed by atoms with Gasteiger partial charge in [0, 0.05) is 23.6 Å². The summed E-state index contributed by atoms with van der Waals surface area (Å²) in [6, 6.07) is 16.0. The molecule has 4 heteroatoms. The van der Waals surface area contributed by atoms with Gasteiger partial charge in [0.2, 0.25) is 0 Å². The van der Waals surface area contributed by atoms with Crippen LogP contribution >= 0.6 is 0 Å². The van der Waals surface area contributed by atoms with E-state index in [1.54, 1.807) is 12.5 Å². The van der Waals surface area contributed by atoms with Crippen molar-refractivity contribution < 1.29 is 4.79 Å². The van der Waals surface area contributed by atoms with E-state index in [0.717, 1.165) is 18.5 Å². The van der Waals surface area contributed by atoms with Gasteiger partial charge in [-0.3, -0.25) is 4.79 Å². The Morgan fingerprint density at radius 3 is 2.74 bits per heavy atom. The molecule has 1 aliphatic rings. The van der Waals surface area contributed by atoms with Crippen molar-refractivity contribution in [1.82, 2.24) is 14.9 Å². The van der Waals surface area contributed by atoms with Crippen LogP contribution in [-0.4, -0.2) is 15.5 Å². The molecule has 1 amide bonds. The van der Waals surface area contributed by atoms with Gasteiger partial charge in [0.25, 0.3) is 5.91 Å². The predicted octanol–water partition coefficient (Wildman–Crippen LogP) is 3.29. The van der Waals surface area contributed by atoms with Crippen molar-refractivity contribution in [1.29, 1.82) is 0 Å². The number of benzene rings is 2. The molecule has 1 aliphatic carbocycles. The van der Waals surface area contributed by atoms with Gasteiger partial charge in [0.15, 0.2) is 0 Å². The number of fused-ring (bicyclic) bond motifs is 1. The summed E-state index contributed by atoms with van der Waals surface area (Å²) in [4.78, 5) is 16.5. The Bertz CT molecular complexity index is 822. The molecule has 1 N–H and O–H groups in total. The first-order chi connectivity index (χ1) is 11.3. The molecule has 0 radical (unpaired) electrons. The molecule has 0 fully saturated rings. The summed E-state index contributed by atoms with van der Waals surface area (Å²) in [6.45, 7) is 0. The molecule has 0 saturated carbocycles. The first-order valence-corrected chi connectivity index (χ1v) is 7.78. The summed E-state index contributed by atoms with van der Waals surface area (Å²) in [7, 11) is 0. The number of amides is 1. The Balaban J connectivity index is 1.50. The third-order valence-electron chi connectivity index (χ3n) is 4.37. The van der Waals surface area contributed by atoms with Gasteiger partial charge >= 0.3 is 0 Å². The second kappa shape index (κ2) is 5.72. The zero-order chi connectivity index (χ0) is 15.6. The van der Waals surface area contributed by atoms with E-state index >= 15 is 0 Å². The lowest BCUT2D eigenvalue weighted by Gasteiger charge is -2.14. The number of hydrogen-bond donors (Lipinski definition) is 1. The van der Waals surface area contributed by atoms with E-state index < -0.39 is 0 Å². The monoisotopic (exact) mass is 303 g/mol. The Morgan fingerprint density at radius 2 is 1.96 bits per heavy atom. The summed E-state index contributed by atoms with van der Waals surface area (Å²) in [5.74, 6) is -0.0242. The van der Waals surface area contributed by atoms with Crippen molar-refractivity contribution in [3.63, 3.8) is 0 Å². The first kappa shape index (κ1) is 13.8. The number of nitrogens with one attached hydrogen (secondary N) is 1. The van der Waals surface area contributed by atoms with Crippen LogP contribution in [0.15, 0.2) is 67.3 Å². The lowest BCUT2D eigenvalue weighted by Crippen LogP contribution is -2.27. The molecule has 0 saturated heterocycles. The number of hydrogen-bond acceptors (Lipinski definition) is 2. The van der Waals surface area contributed by atoms with Crippen LogP contribution in [-0.2, 0) is 6.42 Å². The average Bonchev–Trinajstić information content (AvgIpc) is 3.25. The number of aryl methyl sites for hydroxylation is 1. The van der Waals surface area contributed by atoms with Crippen LogP contribution in [0, 0.1) is 0 Å². The summed E-state index contributed by atoms with van der Waals surface area (Å²) in [5.41, 5.74) is 4.26. The number of carbonyl (C=O) groups is 1. The van der Waals surface area contributed by atoms with Gasteiger partial charge < -0.3 is 9.88 Å². The predicted molar refractivity (Wildman–Crippen MR) is 88.5 cm³/mol. The van der Waals surface area contributed by atoms with Crippen molar-refractivity contribution in [2.45, 2.75) is 18.9 Å². The highest BCUT2D eigenvalue weighted by Gasteiger charge is 2.23. The Morgan fingerprint density at radius 1 is 1.13 bits per heavy atom. The number of rotatable bonds is 3. The zero-order valence-electron chi connectivity index (χ0n) is 12.6. The highest BCUT2D eigenvalue weighted by Crippen LogP contribution is 2.30. The lowest BCUT2D eigenvalue weighted by molar-refractivity contribution is 0.0936. The van der Waals surface area contributed by atoms with Crippen molar-refractivity contribution in [2.24, 2.45) is 0 Å². The molecule has 0 bridgehead atoms. The van der Waals surface area contributed by atoms with Gasteiger partial charge in [-0.15, -0.1) is 0 Å². The van der Waals surface area contributed by atoms with E-state index in [0.29, 0.717) is 5.56 Å². The largest absolute Gasteiger partial charge is 0.345 e. The highest BCUT2D eigenvalue weighted by atomic mass is 16.1. The zero-order valence-corrected chi connectivity index (χ0v) is 12.6. The van der Waals surface area contributed by atoms with E-state index in [-0.39, 0.29) is 11.9 Å². The van der Waals surface area contributed by atoms with E-state index in [4.69, 9.17) is 0 Å². The van der Waals surface area contributed by atoms with Gasteiger partial charge in [0.05, 0.1) is 12.4 Å². The minimum absolute atomic E-state index is 0.0242. The molecule has 4 nitrogen and oxygen atoms in total. The van der Waals surface area contributed by atoms with Crippen LogP contribution in [0.25, 0.3) is 5.69 Å². The van der Waals surface area contributed by atoms with Crippen LogP contribution in [0.4, 0.5) is 0 Å². The molecule has 23 heavy (non-hydrogen) atoms. The molecule has 4 rings (SSSR count). The van der Waals surface area contributed by atoms with Crippen LogP contribution in [0.1, 0.15) is 33.9 Å². The van der Waals surface area contributed by atoms with E-state index in [1.165, 1.54) is 11.1 Å². The summed E-state index contributed by atoms with van der Waals surface area (Å²) in [6.07, 6.45) is 7.35. The van der Waals surface area contributed by atoms with E-state index in [9.17, 15) is 4.79 Å². The maximum absolute atomic E-state index is 12.5. The third kappa shape index (κ3) is 2.63. The molecule has 0 aliphatic heterocycles. The fraction of sp³-hybridized carbons (Fsp3) is 0.158. The summed E-state index contributed by atoms with van der Waals surface area (Å²) in [5, 5.41) is 3.15. The fourth-order valence-electron chi connectivity index (χ4n) is 3.15. The number of carbonyl (C=O) groups excluding carboxylic acids is 1. The van der Waals surface area contributed by atoms with Crippen molar-refractivity contribution >= 4 is 5.91 Å². The van der Waals surface area contributed by atoms with Gasteiger partial charge in [-0.1, -0.05) is 24.3 Å². The van der Waals surface area contributed by atoms with Crippen LogP contribution in [0.5, 0.6) is 0 Å². The maximum Gasteiger partial charge on any atom is 0.251 e. The molecule has 1 unspecified atom stereocenters. The maximum atomic E-state index is 12.5. The molecule has 0 spiro atoms. The van der Waals surface area contributed by atoms with Gasteiger partial charge in [0.1, 0.15) is 0 Å². The average molecular weight is 303 g/mol. The number of aromatic nitrogens is 2. The molecule has 114 valence electrons. The summed E-state index contributed by atoms with van der Waals surface area (Å²) >= 11 is 0. The normalized spacial score (nSPS) is 16.1. The highest BCUT2D eigenvalue weighted by molar-refractivity contribution is 5.94. The summed E-state index contributed by atoms with van der Waals surface area (Å²) < 4.78 is 1.91. The van der Waals surface area contributed by atoms with Gasteiger partial charge in [-0.2, -0.15) is 0 Å². The third-order valence-corrected chi connectivity index (χ3v) is 4.37. The minimum Gasteiger partial charge on any atom is -0.345 e. The first-order valence-electron chi connectivity index (χ1n) is 7.78. The van der Waals surface area contributed by atoms with Crippen molar-refractivity contribution in [3.05, 3.63) is 83.9 Å². The molecule has 2 aromatic carbocycles. The topological polar surface area (TPSA) is 46.9 Å². The van der Waals surface area contributed by atoms with E-state index in [2.05, 4.69) is 28.5 Å². The van der Waals surface area contributed by atoms with Crippen molar-refractivity contribution in [2.75, 3.05) is 0 Å². The van der Waals surface area contributed by atoms with Gasteiger partial charge in [-0.05, 0) is 48.2 Å². The van der Waals surface area contributed by atoms with Crippen LogP contribution in [0.3, 0.4) is 0 Å². The minimum atomic E-state index is -0.0242. The molecular weight excluding hydrogens is 286 g/mol. The fourth-order valence-corrected chi connectivity index (χ4v) is 3.15. The molecule has 3 aromatic rings. The van der Waals surface area contributed by atoms with Crippen LogP contribution in [0.2, 0.25) is 0 Å². The van der Waals surface area contributed by atoms with E-state index in [1.807, 2.05) is 41.1 Å². The Labute approximate surface area is 134 Å². The molecule has 1 heterocycles. The second-order valence-corrected chi connectivity index (χ2v) is 5.78. The molecular formula is C19H17N3O. The van der Waals surface area contributed by atoms with Crippen LogP contribution < -0.4 is 5.32 Å². The number of imidazole rings is 1. The number of nitrogens with zero attached hydrogens (tertiary/aromatic N) is 2. The SMILES string of the molecule is O=C(NC1CCc2ccccc21)c1ccc(-n2ccnc2)cc1. The Hall–Kier alpha value is -2.88. The van der Waals surface area contributed by atoms with Crippen molar-refractivity contribution in [3.8, 4) is 5.69 Å². The Kier molecular flexibility index (Phi) is 3.42. The molecule has 1 aromatic heterocycles. The standard InChI is InChI=1S/C19H17N3O/c23-19(21-18-10-7-14-3-1-2-4-17(14)18)15-5-8-16(9-6-15)22-12-11-20-13-22/h1-6,8-9,11-13,18H,7,10H2,(H,21,23). The smallest absolute Gasteiger partial charge is 0.251 e. The molecule has 1 atom stereocenters.